The van der Waals surface area contributed by atoms with E-state index in [0.29, 0.717) is 5.57 Å². The average molecular weight is 274 g/mol. The molecule has 0 aliphatic rings. The van der Waals surface area contributed by atoms with E-state index in [4.69, 9.17) is 4.74 Å². The van der Waals surface area contributed by atoms with Gasteiger partial charge in [-0.25, -0.2) is 4.79 Å². The van der Waals surface area contributed by atoms with Crippen molar-refractivity contribution in [2.45, 2.75) is 59.4 Å². The molecular formula is C12H27NO2Si2. The number of hydrogen-bond acceptors (Lipinski definition) is 3. The van der Waals surface area contributed by atoms with Crippen LogP contribution in [0.2, 0.25) is 39.3 Å². The molecule has 0 spiro atoms. The lowest BCUT2D eigenvalue weighted by atomic mass is 10.4. The molecule has 0 aliphatic carbocycles. The second-order valence-corrected chi connectivity index (χ2v) is 16.6. The number of rotatable bonds is 5. The Morgan fingerprint density at radius 3 is 1.71 bits per heavy atom. The van der Waals surface area contributed by atoms with E-state index in [-0.39, 0.29) is 12.2 Å². The summed E-state index contributed by atoms with van der Waals surface area (Å²) in [7, 11) is -3.00. The SMILES string of the molecule is C=C(C)C(=O)OC(C)N([Si](C)(C)C)[Si](C)(C)C. The van der Waals surface area contributed by atoms with Gasteiger partial charge in [-0.15, -0.1) is 0 Å². The van der Waals surface area contributed by atoms with Gasteiger partial charge in [0.15, 0.2) is 0 Å². The molecule has 100 valence electrons. The van der Waals surface area contributed by atoms with Gasteiger partial charge in [-0.3, -0.25) is 0 Å². The lowest BCUT2D eigenvalue weighted by molar-refractivity contribution is -0.146. The second kappa shape index (κ2) is 5.50. The van der Waals surface area contributed by atoms with Gasteiger partial charge < -0.3 is 8.97 Å². The summed E-state index contributed by atoms with van der Waals surface area (Å²) in [6.07, 6.45) is -0.155. The zero-order chi connectivity index (χ0) is 14.0. The fourth-order valence-electron chi connectivity index (χ4n) is 2.41. The van der Waals surface area contributed by atoms with Gasteiger partial charge in [-0.05, 0) is 13.8 Å². The van der Waals surface area contributed by atoms with Gasteiger partial charge in [-0.1, -0.05) is 45.9 Å². The van der Waals surface area contributed by atoms with Gasteiger partial charge in [-0.2, -0.15) is 0 Å². The molecule has 0 heterocycles. The van der Waals surface area contributed by atoms with Crippen LogP contribution in [0, 0.1) is 0 Å². The number of hydrogen-bond donors (Lipinski definition) is 0. The van der Waals surface area contributed by atoms with Crippen LogP contribution < -0.4 is 0 Å². The van der Waals surface area contributed by atoms with Crippen LogP contribution in [0.4, 0.5) is 0 Å². The fourth-order valence-corrected chi connectivity index (χ4v) is 12.7. The minimum Gasteiger partial charge on any atom is -0.445 e. The third kappa shape index (κ3) is 5.18. The Balaban J connectivity index is 4.97. The summed E-state index contributed by atoms with van der Waals surface area (Å²) in [6, 6.07) is 0. The monoisotopic (exact) mass is 273 g/mol. The standard InChI is InChI=1S/C12H27NO2Si2/c1-10(2)12(14)15-11(3)13(16(4,5)6)17(7,8)9/h11H,1H2,2-9H3. The van der Waals surface area contributed by atoms with E-state index < -0.39 is 16.5 Å². The molecule has 1 unspecified atom stereocenters. The molecule has 1 atom stereocenters. The Morgan fingerprint density at radius 2 is 1.47 bits per heavy atom. The fraction of sp³-hybridized carbons (Fsp3) is 0.750. The Hall–Kier alpha value is -0.396. The maximum absolute atomic E-state index is 11.6. The van der Waals surface area contributed by atoms with E-state index in [1.807, 2.05) is 6.92 Å². The molecule has 0 saturated heterocycles. The molecule has 17 heavy (non-hydrogen) atoms. The van der Waals surface area contributed by atoms with Gasteiger partial charge in [0, 0.05) is 5.57 Å². The minimum absolute atomic E-state index is 0.155. The molecule has 0 amide bonds. The van der Waals surface area contributed by atoms with Crippen LogP contribution in [0.25, 0.3) is 0 Å². The van der Waals surface area contributed by atoms with Crippen LogP contribution in [0.1, 0.15) is 13.8 Å². The Kier molecular flexibility index (Phi) is 5.37. The molecule has 0 saturated carbocycles. The predicted octanol–water partition coefficient (Wildman–Crippen LogP) is 3.42. The van der Waals surface area contributed by atoms with Crippen LogP contribution in [0.5, 0.6) is 0 Å². The number of esters is 1. The van der Waals surface area contributed by atoms with Crippen LogP contribution in [-0.4, -0.2) is 32.9 Å². The molecule has 0 radical (unpaired) electrons. The first-order chi connectivity index (χ1) is 7.37. The van der Waals surface area contributed by atoms with Gasteiger partial charge >= 0.3 is 5.97 Å². The summed E-state index contributed by atoms with van der Waals surface area (Å²) >= 11 is 0. The summed E-state index contributed by atoms with van der Waals surface area (Å²) in [5.74, 6) is -0.293. The number of nitrogens with zero attached hydrogens (tertiary/aromatic N) is 1. The van der Waals surface area contributed by atoms with E-state index in [9.17, 15) is 4.79 Å². The van der Waals surface area contributed by atoms with Crippen molar-refractivity contribution in [3.05, 3.63) is 12.2 Å². The summed E-state index contributed by atoms with van der Waals surface area (Å²) < 4.78 is 7.94. The maximum atomic E-state index is 11.6. The predicted molar refractivity (Wildman–Crippen MR) is 78.9 cm³/mol. The van der Waals surface area contributed by atoms with Gasteiger partial charge in [0.05, 0.1) is 0 Å². The molecule has 0 aromatic carbocycles. The normalized spacial score (nSPS) is 14.6. The van der Waals surface area contributed by atoms with Crippen LogP contribution in [0.15, 0.2) is 12.2 Å². The van der Waals surface area contributed by atoms with Crippen molar-refractivity contribution in [2.24, 2.45) is 0 Å². The molecule has 0 aromatic rings. The molecule has 0 aliphatic heterocycles. The highest BCUT2D eigenvalue weighted by Crippen LogP contribution is 2.23. The van der Waals surface area contributed by atoms with Crippen LogP contribution in [-0.2, 0) is 9.53 Å². The Morgan fingerprint density at radius 1 is 1.12 bits per heavy atom. The van der Waals surface area contributed by atoms with Gasteiger partial charge in [0.1, 0.15) is 22.7 Å². The second-order valence-electron chi connectivity index (χ2n) is 6.50. The summed E-state index contributed by atoms with van der Waals surface area (Å²) in [6.45, 7) is 21.0. The molecule has 3 nitrogen and oxygen atoms in total. The lowest BCUT2D eigenvalue weighted by Crippen LogP contribution is -2.63. The lowest BCUT2D eigenvalue weighted by Gasteiger charge is -2.46. The van der Waals surface area contributed by atoms with Gasteiger partial charge in [0.2, 0.25) is 0 Å². The topological polar surface area (TPSA) is 29.5 Å². The van der Waals surface area contributed by atoms with Crippen molar-refractivity contribution < 1.29 is 9.53 Å². The van der Waals surface area contributed by atoms with Crippen LogP contribution in [0.3, 0.4) is 0 Å². The highest BCUT2D eigenvalue weighted by Gasteiger charge is 2.39. The zero-order valence-corrected chi connectivity index (χ0v) is 14.5. The van der Waals surface area contributed by atoms with Crippen LogP contribution >= 0.6 is 0 Å². The first-order valence-corrected chi connectivity index (χ1v) is 12.9. The van der Waals surface area contributed by atoms with Crippen molar-refractivity contribution in [3.63, 3.8) is 0 Å². The highest BCUT2D eigenvalue weighted by atomic mass is 28.4. The average Bonchev–Trinajstić information content (AvgIpc) is 1.96. The first kappa shape index (κ1) is 16.6. The van der Waals surface area contributed by atoms with Crippen molar-refractivity contribution in [1.29, 1.82) is 0 Å². The number of carbonyl (C=O) groups is 1. The third-order valence-electron chi connectivity index (χ3n) is 2.44. The maximum Gasteiger partial charge on any atom is 0.334 e. The molecule has 0 aromatic heterocycles. The Bertz CT molecular complexity index is 289. The third-order valence-corrected chi connectivity index (χ3v) is 10.1. The quantitative estimate of drug-likeness (QED) is 0.333. The summed E-state index contributed by atoms with van der Waals surface area (Å²) in [5.41, 5.74) is 0.461. The number of carbonyl (C=O) groups excluding carboxylic acids is 1. The molecule has 0 fully saturated rings. The smallest absolute Gasteiger partial charge is 0.334 e. The first-order valence-electron chi connectivity index (χ1n) is 6.03. The molecule has 0 rings (SSSR count). The van der Waals surface area contributed by atoms with E-state index in [1.165, 1.54) is 0 Å². The largest absolute Gasteiger partial charge is 0.445 e. The number of ether oxygens (including phenoxy) is 1. The van der Waals surface area contributed by atoms with E-state index in [0.717, 1.165) is 0 Å². The molecule has 0 N–H and O–H groups in total. The molecule has 0 bridgehead atoms. The zero-order valence-electron chi connectivity index (χ0n) is 12.5. The van der Waals surface area contributed by atoms with E-state index >= 15 is 0 Å². The highest BCUT2D eigenvalue weighted by molar-refractivity contribution is 6.89. The Labute approximate surface area is 108 Å². The summed E-state index contributed by atoms with van der Waals surface area (Å²) in [5, 5.41) is 0. The van der Waals surface area contributed by atoms with E-state index in [2.05, 4.69) is 50.1 Å². The van der Waals surface area contributed by atoms with Crippen molar-refractivity contribution in [3.8, 4) is 0 Å². The van der Waals surface area contributed by atoms with Crippen molar-refractivity contribution in [2.75, 3.05) is 0 Å². The van der Waals surface area contributed by atoms with Gasteiger partial charge in [0.25, 0.3) is 0 Å². The molecule has 5 heteroatoms. The summed E-state index contributed by atoms with van der Waals surface area (Å²) in [4.78, 5) is 11.6. The molecular weight excluding hydrogens is 246 g/mol. The van der Waals surface area contributed by atoms with Crippen molar-refractivity contribution >= 4 is 22.4 Å². The van der Waals surface area contributed by atoms with Crippen molar-refractivity contribution in [1.82, 2.24) is 4.23 Å². The van der Waals surface area contributed by atoms with E-state index in [1.54, 1.807) is 6.92 Å². The minimum atomic E-state index is -1.50.